The Morgan fingerprint density at radius 3 is 0.496 bits per heavy atom. The fourth-order valence-corrected chi connectivity index (χ4v) is 15.1. The third kappa shape index (κ3) is 30.7. The Labute approximate surface area is 771 Å². The molecule has 15 rings (SSSR count). The van der Waals surface area contributed by atoms with Crippen molar-refractivity contribution >= 4 is 87.7 Å². The Hall–Kier alpha value is -8.26. The summed E-state index contributed by atoms with van der Waals surface area (Å²) < 4.78 is 51.1. The Bertz CT molecular complexity index is 4620. The molecular weight excluding hydrogens is 1620 g/mol. The first-order valence-electron chi connectivity index (χ1n) is 38.0. The van der Waals surface area contributed by atoms with Crippen molar-refractivity contribution in [1.29, 1.82) is 0 Å². The minimum atomic E-state index is -2.78. The number of fused-ring (bicyclic) bond motifs is 6. The largest absolute Gasteiger partial charge is 3.00 e. The van der Waals surface area contributed by atoms with Gasteiger partial charge in [0.2, 0.25) is 0 Å². The summed E-state index contributed by atoms with van der Waals surface area (Å²) in [5, 5.41) is 88.3. The molecule has 0 heterocycles. The van der Waals surface area contributed by atoms with Crippen molar-refractivity contribution in [2.24, 2.45) is 0 Å². The van der Waals surface area contributed by atoms with Gasteiger partial charge < -0.3 is 73.1 Å². The summed E-state index contributed by atoms with van der Waals surface area (Å²) in [6.07, 6.45) is 4.08. The molecule has 119 heavy (non-hydrogen) atoms. The second-order valence-corrected chi connectivity index (χ2v) is 28.6. The van der Waals surface area contributed by atoms with Gasteiger partial charge in [0.25, 0.3) is 0 Å². The molecule has 0 aliphatic carbocycles. The average molecular weight is 1720 g/mol. The van der Waals surface area contributed by atoms with Crippen LogP contribution in [0, 0.1) is 41.7 Å². The van der Waals surface area contributed by atoms with Crippen LogP contribution in [0.15, 0.2) is 309 Å². The van der Waals surface area contributed by atoms with Crippen molar-refractivity contribution < 1.29 is 171 Å². The van der Waals surface area contributed by atoms with E-state index >= 15 is 0 Å². The van der Waals surface area contributed by atoms with Gasteiger partial charge in [0.05, 0.1) is 52.9 Å². The van der Waals surface area contributed by atoms with Crippen molar-refractivity contribution in [3.63, 3.8) is 0 Å². The molecule has 0 unspecified atom stereocenters. The Kier molecular flexibility index (Phi) is 51.7. The Balaban J connectivity index is 0.000000365. The molecule has 0 spiro atoms. The molecule has 0 saturated carbocycles. The van der Waals surface area contributed by atoms with E-state index in [2.05, 4.69) is 51.7 Å². The van der Waals surface area contributed by atoms with Crippen LogP contribution >= 0.6 is 7.14 Å². The monoisotopic (exact) mass is 1720 g/mol. The van der Waals surface area contributed by atoms with Crippen molar-refractivity contribution in [3.8, 4) is 67.9 Å². The zero-order chi connectivity index (χ0) is 82.6. The number of hydrogen-bond donors (Lipinski definition) is 0. The maximum Gasteiger partial charge on any atom is 3.00 e. The third-order valence-electron chi connectivity index (χ3n) is 18.1. The molecule has 0 aliphatic rings. The van der Waals surface area contributed by atoms with Crippen molar-refractivity contribution in [2.75, 3.05) is 110 Å². The molecule has 15 aromatic rings. The second-order valence-electron chi connectivity index (χ2n) is 25.9. The van der Waals surface area contributed by atoms with Crippen LogP contribution in [0.5, 0.6) is 34.5 Å². The summed E-state index contributed by atoms with van der Waals surface area (Å²) in [6.45, 7) is 9.95. The van der Waals surface area contributed by atoms with Gasteiger partial charge in [0.1, 0.15) is 0 Å². The quantitative estimate of drug-likeness (QED) is 0.0394. The number of hydrogen-bond acceptors (Lipinski definition) is 15. The van der Waals surface area contributed by atoms with Gasteiger partial charge in [-0.05, 0) is 98.0 Å². The van der Waals surface area contributed by atoms with Crippen LogP contribution in [0.4, 0.5) is 0 Å². The van der Waals surface area contributed by atoms with Gasteiger partial charge in [-0.2, -0.15) is 0 Å². The molecule has 15 nitrogen and oxygen atoms in total. The van der Waals surface area contributed by atoms with Crippen molar-refractivity contribution in [3.05, 3.63) is 309 Å². The molecule has 0 aromatic heterocycles. The van der Waals surface area contributed by atoms with Crippen LogP contribution in [0.2, 0.25) is 0 Å². The minimum Gasteiger partial charge on any atom is -0.872 e. The Morgan fingerprint density at radius 2 is 0.361 bits per heavy atom. The molecule has 0 fully saturated rings. The Morgan fingerprint density at radius 1 is 0.218 bits per heavy atom. The normalized spacial score (nSPS) is 10.2. The maximum absolute atomic E-state index is 13.8. The molecular formula is C99H103CeLi3O15P. The van der Waals surface area contributed by atoms with Crippen LogP contribution in [0.3, 0.4) is 0 Å². The van der Waals surface area contributed by atoms with E-state index in [9.17, 15) is 35.2 Å². The summed E-state index contributed by atoms with van der Waals surface area (Å²) in [5.74, 6) is -0.710. The second kappa shape index (κ2) is 58.7. The van der Waals surface area contributed by atoms with Gasteiger partial charge in [0, 0.05) is 72.8 Å². The average Bonchev–Trinajstić information content (AvgIpc) is 0.790. The summed E-state index contributed by atoms with van der Waals surface area (Å²) in [5.41, 5.74) is 3.00. The minimum absolute atomic E-state index is 0. The van der Waals surface area contributed by atoms with Crippen LogP contribution < -0.4 is 103 Å². The van der Waals surface area contributed by atoms with Gasteiger partial charge in [-0.15, -0.1) is 34.5 Å². The number of methoxy groups -OCH3 is 8. The van der Waals surface area contributed by atoms with Crippen LogP contribution in [0.25, 0.3) is 98.0 Å². The molecule has 0 atom stereocenters. The van der Waals surface area contributed by atoms with Gasteiger partial charge in [-0.3, -0.25) is 0 Å². The molecule has 0 amide bonds. The predicted molar refractivity (Wildman–Crippen MR) is 463 cm³/mol. The van der Waals surface area contributed by atoms with Crippen LogP contribution in [-0.4, -0.2) is 110 Å². The molecule has 1 radical (unpaired) electrons. The van der Waals surface area contributed by atoms with Gasteiger partial charge in [0.15, 0.2) is 7.14 Å². The smallest absolute Gasteiger partial charge is 0.872 e. The van der Waals surface area contributed by atoms with Gasteiger partial charge in [-0.25, -0.2) is 0 Å². The zero-order valence-corrected chi connectivity index (χ0v) is 74.8. The molecule has 0 N–H and O–H groups in total. The summed E-state index contributed by atoms with van der Waals surface area (Å²) in [7, 11) is 10.4. The van der Waals surface area contributed by atoms with Crippen molar-refractivity contribution in [2.45, 2.75) is 33.1 Å². The predicted octanol–water partition coefficient (Wildman–Crippen LogP) is 9.07. The van der Waals surface area contributed by atoms with E-state index in [4.69, 9.17) is 0 Å². The van der Waals surface area contributed by atoms with Crippen molar-refractivity contribution in [1.82, 2.24) is 0 Å². The van der Waals surface area contributed by atoms with Gasteiger partial charge >= 0.3 is 98.3 Å². The standard InChI is InChI=1S/3C20H14O2.C18H15OP.C5H12.4C4H10O2.Ce.3Li/c3*21-17-11-9-13-5-1-3-7-15(13)19(17)20-16-8-4-2-6-14(16)10-12-18(20)22;19-20(16-10-4-1-5-11-16,17-12-6-2-7-13-17)18-14-8-3-9-15-18;1-3-5-4-2;4*1-5-3-4-6-2;;;;/h3*1-12,21-22H;1-15H;3-5H2,1-2H3;4*3-4H2,1-2H3;;;;/q;;;;;;;;;+3;3*+1/p-6. The fourth-order valence-electron chi connectivity index (χ4n) is 12.4. The van der Waals surface area contributed by atoms with E-state index < -0.39 is 7.14 Å². The molecule has 15 aromatic carbocycles. The van der Waals surface area contributed by atoms with E-state index in [-0.39, 0.29) is 133 Å². The SMILES string of the molecule is CCCCC.COCCOC.COCCOC.COCCOC.COCCOC.O=P(c1ccccc1)(c1ccccc1)c1ccccc1.[Ce+3].[Li+].[Li+].[Li+].[O-]c1ccc2ccccc2c1-c1c([O-])ccc2ccccc12.[O-]c1ccc2ccccc2c1-c1c([O-])ccc2ccccc12.[O-]c1ccc2ccccc2c1-c1c([O-])ccc2ccccc12. The van der Waals surface area contributed by atoms with Gasteiger partial charge in [-0.1, -0.05) is 342 Å². The molecule has 0 aliphatic heterocycles. The molecule has 0 saturated heterocycles. The van der Waals surface area contributed by atoms with E-state index in [1.807, 2.05) is 237 Å². The van der Waals surface area contributed by atoms with E-state index in [1.165, 1.54) is 19.3 Å². The summed E-state index contributed by atoms with van der Waals surface area (Å²) >= 11 is 0. The maximum atomic E-state index is 13.8. The summed E-state index contributed by atoms with van der Waals surface area (Å²) in [6, 6.07) is 95.2. The number of rotatable bonds is 20. The number of benzene rings is 15. The summed E-state index contributed by atoms with van der Waals surface area (Å²) in [4.78, 5) is 0. The number of ether oxygens (including phenoxy) is 8. The molecule has 20 heteroatoms. The zero-order valence-electron chi connectivity index (χ0n) is 70.8. The topological polar surface area (TPSA) is 229 Å². The van der Waals surface area contributed by atoms with E-state index in [0.29, 0.717) is 86.2 Å². The molecule has 601 valence electrons. The van der Waals surface area contributed by atoms with E-state index in [1.54, 1.807) is 130 Å². The number of unbranched alkanes of at least 4 members (excludes halogenated alkanes) is 2. The third-order valence-corrected chi connectivity index (χ3v) is 21.2. The van der Waals surface area contributed by atoms with Crippen LogP contribution in [0.1, 0.15) is 33.1 Å². The first-order valence-corrected chi connectivity index (χ1v) is 39.7. The molecule has 0 bridgehead atoms. The van der Waals surface area contributed by atoms with E-state index in [0.717, 1.165) is 80.5 Å². The fraction of sp³-hybridized carbons (Fsp3) is 0.212. The first kappa shape index (κ1) is 105. The first-order chi connectivity index (χ1) is 56.1. The van der Waals surface area contributed by atoms with Crippen LogP contribution in [-0.2, 0) is 42.5 Å².